The molecule has 3 aromatic rings. The van der Waals surface area contributed by atoms with Gasteiger partial charge in [0.1, 0.15) is 0 Å². The van der Waals surface area contributed by atoms with Gasteiger partial charge in [0.2, 0.25) is 5.91 Å². The van der Waals surface area contributed by atoms with Crippen molar-refractivity contribution < 1.29 is 4.79 Å². The van der Waals surface area contributed by atoms with Crippen LogP contribution >= 0.6 is 27.7 Å². The van der Waals surface area contributed by atoms with E-state index in [9.17, 15) is 4.79 Å². The summed E-state index contributed by atoms with van der Waals surface area (Å²) in [5, 5.41) is 9.42. The summed E-state index contributed by atoms with van der Waals surface area (Å²) in [7, 11) is 1.82. The Labute approximate surface area is 177 Å². The third-order valence-electron chi connectivity index (χ3n) is 4.22. The van der Waals surface area contributed by atoms with Gasteiger partial charge in [0.05, 0.1) is 5.75 Å². The van der Waals surface area contributed by atoms with Gasteiger partial charge in [-0.3, -0.25) is 9.78 Å². The average Bonchev–Trinajstić information content (AvgIpc) is 3.11. The number of benzene rings is 1. The number of carbonyl (C=O) groups is 1. The maximum Gasteiger partial charge on any atom is 0.233 e. The third-order valence-corrected chi connectivity index (χ3v) is 5.94. The molecule has 28 heavy (non-hydrogen) atoms. The number of carbonyl (C=O) groups excluding carboxylic acids is 1. The Morgan fingerprint density at radius 2 is 1.93 bits per heavy atom. The Morgan fingerprint density at radius 1 is 1.18 bits per heavy atom. The minimum atomic E-state index is 0.0530. The van der Waals surface area contributed by atoms with Gasteiger partial charge in [0.25, 0.3) is 0 Å². The van der Waals surface area contributed by atoms with Crippen LogP contribution in [0.3, 0.4) is 0 Å². The lowest BCUT2D eigenvalue weighted by atomic mass is 10.2. The van der Waals surface area contributed by atoms with Crippen molar-refractivity contribution in [2.45, 2.75) is 31.6 Å². The van der Waals surface area contributed by atoms with Crippen LogP contribution in [0.25, 0.3) is 11.4 Å². The second-order valence-electron chi connectivity index (χ2n) is 6.32. The lowest BCUT2D eigenvalue weighted by molar-refractivity contribution is -0.127. The van der Waals surface area contributed by atoms with Gasteiger partial charge in [0.15, 0.2) is 11.0 Å². The molecular weight excluding hydrogens is 438 g/mol. The molecule has 0 bridgehead atoms. The zero-order valence-electron chi connectivity index (χ0n) is 15.9. The highest BCUT2D eigenvalue weighted by molar-refractivity contribution is 9.10. The molecule has 0 unspecified atom stereocenters. The molecule has 0 spiro atoms. The Morgan fingerprint density at radius 3 is 2.64 bits per heavy atom. The molecule has 2 heterocycles. The van der Waals surface area contributed by atoms with E-state index >= 15 is 0 Å². The number of hydrogen-bond donors (Lipinski definition) is 0. The first-order chi connectivity index (χ1) is 13.6. The average molecular weight is 460 g/mol. The normalized spacial score (nSPS) is 10.8. The predicted octanol–water partition coefficient (Wildman–Crippen LogP) is 4.26. The molecule has 0 atom stereocenters. The fourth-order valence-corrected chi connectivity index (χ4v) is 4.06. The van der Waals surface area contributed by atoms with E-state index in [0.29, 0.717) is 12.3 Å². The Hall–Kier alpha value is -2.19. The number of hydrogen-bond acceptors (Lipinski definition) is 5. The van der Waals surface area contributed by atoms with Crippen molar-refractivity contribution in [1.29, 1.82) is 0 Å². The molecule has 8 heteroatoms. The minimum absolute atomic E-state index is 0.0530. The highest BCUT2D eigenvalue weighted by Gasteiger charge is 2.17. The molecule has 1 aromatic carbocycles. The van der Waals surface area contributed by atoms with E-state index in [1.165, 1.54) is 11.8 Å². The zero-order valence-corrected chi connectivity index (χ0v) is 18.3. The van der Waals surface area contributed by atoms with Crippen molar-refractivity contribution in [2.24, 2.45) is 0 Å². The summed E-state index contributed by atoms with van der Waals surface area (Å²) in [6, 6.07) is 11.8. The number of pyridine rings is 1. The van der Waals surface area contributed by atoms with Crippen LogP contribution in [-0.4, -0.2) is 43.4 Å². The van der Waals surface area contributed by atoms with Crippen molar-refractivity contribution in [3.8, 4) is 11.4 Å². The van der Waals surface area contributed by atoms with Gasteiger partial charge in [0, 0.05) is 42.6 Å². The van der Waals surface area contributed by atoms with Gasteiger partial charge in [-0.15, -0.1) is 10.2 Å². The summed E-state index contributed by atoms with van der Waals surface area (Å²) >= 11 is 4.96. The second-order valence-corrected chi connectivity index (χ2v) is 8.12. The van der Waals surface area contributed by atoms with E-state index in [0.717, 1.165) is 39.5 Å². The summed E-state index contributed by atoms with van der Waals surface area (Å²) in [6.45, 7) is 3.47. The van der Waals surface area contributed by atoms with Crippen LogP contribution in [-0.2, 0) is 17.9 Å². The first-order valence-corrected chi connectivity index (χ1v) is 10.8. The second kappa shape index (κ2) is 9.84. The standard InChI is InChI=1S/C20H22BrN5OS/c1-3-12-26-19(15-8-10-22-11-9-15)23-24-20(26)28-14-18(27)25(2)13-16-6-4-5-7-17(16)21/h4-11H,3,12-14H2,1-2H3. The maximum absolute atomic E-state index is 12.6. The monoisotopic (exact) mass is 459 g/mol. The quantitative estimate of drug-likeness (QED) is 0.470. The van der Waals surface area contributed by atoms with Crippen molar-refractivity contribution >= 4 is 33.6 Å². The van der Waals surface area contributed by atoms with E-state index in [-0.39, 0.29) is 5.91 Å². The van der Waals surface area contributed by atoms with Gasteiger partial charge in [-0.05, 0) is 30.2 Å². The van der Waals surface area contributed by atoms with Crippen molar-refractivity contribution in [1.82, 2.24) is 24.6 Å². The van der Waals surface area contributed by atoms with Gasteiger partial charge in [-0.2, -0.15) is 0 Å². The number of amides is 1. The third kappa shape index (κ3) is 4.99. The number of aromatic nitrogens is 4. The molecule has 0 aliphatic carbocycles. The molecule has 0 saturated carbocycles. The van der Waals surface area contributed by atoms with Crippen molar-refractivity contribution in [2.75, 3.05) is 12.8 Å². The van der Waals surface area contributed by atoms with E-state index in [1.807, 2.05) is 43.4 Å². The largest absolute Gasteiger partial charge is 0.341 e. The summed E-state index contributed by atoms with van der Waals surface area (Å²) in [6.07, 6.45) is 4.44. The zero-order chi connectivity index (χ0) is 19.9. The Kier molecular flexibility index (Phi) is 7.22. The van der Waals surface area contributed by atoms with E-state index < -0.39 is 0 Å². The molecule has 3 rings (SSSR count). The van der Waals surface area contributed by atoms with Crippen LogP contribution in [0.4, 0.5) is 0 Å². The number of thioether (sulfide) groups is 1. The number of halogens is 1. The molecule has 0 fully saturated rings. The van der Waals surface area contributed by atoms with Gasteiger partial charge >= 0.3 is 0 Å². The summed E-state index contributed by atoms with van der Waals surface area (Å²) < 4.78 is 3.08. The summed E-state index contributed by atoms with van der Waals surface area (Å²) in [5.41, 5.74) is 2.05. The van der Waals surface area contributed by atoms with Crippen LogP contribution < -0.4 is 0 Å². The summed E-state index contributed by atoms with van der Waals surface area (Å²) in [5.74, 6) is 1.18. The van der Waals surface area contributed by atoms with Crippen LogP contribution in [0, 0.1) is 0 Å². The van der Waals surface area contributed by atoms with E-state index in [2.05, 4.69) is 42.6 Å². The van der Waals surface area contributed by atoms with E-state index in [4.69, 9.17) is 0 Å². The Bertz CT molecular complexity index is 931. The molecule has 0 saturated heterocycles. The molecule has 6 nitrogen and oxygen atoms in total. The van der Waals surface area contributed by atoms with Crippen LogP contribution in [0.5, 0.6) is 0 Å². The first-order valence-electron chi connectivity index (χ1n) is 9.04. The molecule has 0 N–H and O–H groups in total. The highest BCUT2D eigenvalue weighted by Crippen LogP contribution is 2.24. The fourth-order valence-electron chi connectivity index (χ4n) is 2.74. The molecule has 0 radical (unpaired) electrons. The molecule has 146 valence electrons. The topological polar surface area (TPSA) is 63.9 Å². The smallest absolute Gasteiger partial charge is 0.233 e. The summed E-state index contributed by atoms with van der Waals surface area (Å²) in [4.78, 5) is 18.4. The SMILES string of the molecule is CCCn1c(SCC(=O)N(C)Cc2ccccc2Br)nnc1-c1ccncc1. The van der Waals surface area contributed by atoms with Crippen LogP contribution in [0.1, 0.15) is 18.9 Å². The van der Waals surface area contributed by atoms with E-state index in [1.54, 1.807) is 17.3 Å². The lowest BCUT2D eigenvalue weighted by Crippen LogP contribution is -2.28. The maximum atomic E-state index is 12.6. The molecule has 0 aliphatic rings. The predicted molar refractivity (Wildman–Crippen MR) is 115 cm³/mol. The number of nitrogens with zero attached hydrogens (tertiary/aromatic N) is 5. The van der Waals surface area contributed by atoms with Gasteiger partial charge in [-0.1, -0.05) is 52.8 Å². The van der Waals surface area contributed by atoms with Crippen molar-refractivity contribution in [3.63, 3.8) is 0 Å². The lowest BCUT2D eigenvalue weighted by Gasteiger charge is -2.18. The first kappa shape index (κ1) is 20.5. The Balaban J connectivity index is 1.67. The molecular formula is C20H22BrN5OS. The highest BCUT2D eigenvalue weighted by atomic mass is 79.9. The molecule has 0 aliphatic heterocycles. The van der Waals surface area contributed by atoms with Gasteiger partial charge in [-0.25, -0.2) is 0 Å². The van der Waals surface area contributed by atoms with Crippen LogP contribution in [0.2, 0.25) is 0 Å². The van der Waals surface area contributed by atoms with Crippen molar-refractivity contribution in [3.05, 3.63) is 58.8 Å². The minimum Gasteiger partial charge on any atom is -0.341 e. The van der Waals surface area contributed by atoms with Gasteiger partial charge < -0.3 is 9.47 Å². The fraction of sp³-hybridized carbons (Fsp3) is 0.300. The van der Waals surface area contributed by atoms with Crippen LogP contribution in [0.15, 0.2) is 58.4 Å². The molecule has 1 amide bonds. The number of rotatable bonds is 8. The molecule has 2 aromatic heterocycles.